The topological polar surface area (TPSA) is 111 Å². The van der Waals surface area contributed by atoms with Gasteiger partial charge in [0.25, 0.3) is 0 Å². The molecule has 3 unspecified atom stereocenters. The zero-order chi connectivity index (χ0) is 49.4. The van der Waals surface area contributed by atoms with E-state index in [1.54, 1.807) is 0 Å². The SMILES string of the molecule is CCCCCC/C=C\CCCCCCCCCC(=O)OC(/C=C/CCCCCCCCCCCCC)C(COP(=O)(O)OCC[N+](C)(C)C)NC(=O)CCCCCCCCCCCCCCC. The Bertz CT molecular complexity index is 1210. The average molecular weight is 969 g/mol. The number of ether oxygens (including phenoxy) is 1. The minimum atomic E-state index is -4.44. The number of allylic oxidation sites excluding steroid dienone is 3. The summed E-state index contributed by atoms with van der Waals surface area (Å²) >= 11 is 0. The second kappa shape index (κ2) is 48.1. The van der Waals surface area contributed by atoms with Crippen molar-refractivity contribution >= 4 is 19.7 Å². The van der Waals surface area contributed by atoms with Crippen molar-refractivity contribution in [2.45, 2.75) is 290 Å². The van der Waals surface area contributed by atoms with Crippen molar-refractivity contribution in [3.63, 3.8) is 0 Å². The molecule has 0 radical (unpaired) electrons. The van der Waals surface area contributed by atoms with E-state index in [-0.39, 0.29) is 25.1 Å². The Morgan fingerprint density at radius 2 is 0.866 bits per heavy atom. The van der Waals surface area contributed by atoms with Crippen LogP contribution in [0.15, 0.2) is 24.3 Å². The van der Waals surface area contributed by atoms with Crippen LogP contribution in [0, 0.1) is 0 Å². The second-order valence-corrected chi connectivity index (χ2v) is 22.3. The van der Waals surface area contributed by atoms with Crippen molar-refractivity contribution in [1.29, 1.82) is 0 Å². The number of quaternary nitrogens is 1. The van der Waals surface area contributed by atoms with Crippen molar-refractivity contribution in [3.05, 3.63) is 24.3 Å². The van der Waals surface area contributed by atoms with Gasteiger partial charge in [0.1, 0.15) is 19.3 Å². The van der Waals surface area contributed by atoms with E-state index in [1.165, 1.54) is 186 Å². The summed E-state index contributed by atoms with van der Waals surface area (Å²) in [6.45, 7) is 7.02. The summed E-state index contributed by atoms with van der Waals surface area (Å²) < 4.78 is 30.6. The number of hydrogen-bond donors (Lipinski definition) is 2. The van der Waals surface area contributed by atoms with Crippen LogP contribution < -0.4 is 5.32 Å². The van der Waals surface area contributed by atoms with Gasteiger partial charge in [0.2, 0.25) is 5.91 Å². The lowest BCUT2D eigenvalue weighted by atomic mass is 10.0. The number of hydrogen-bond acceptors (Lipinski definition) is 6. The van der Waals surface area contributed by atoms with Crippen molar-refractivity contribution in [2.75, 3.05) is 40.9 Å². The molecule has 0 saturated heterocycles. The van der Waals surface area contributed by atoms with Gasteiger partial charge in [0, 0.05) is 12.8 Å². The van der Waals surface area contributed by atoms with E-state index >= 15 is 0 Å². The number of amides is 1. The quantitative estimate of drug-likeness (QED) is 0.0205. The molecule has 0 aromatic rings. The molecule has 0 rings (SSSR count). The van der Waals surface area contributed by atoms with E-state index < -0.39 is 20.0 Å². The maximum absolute atomic E-state index is 13.5. The molecule has 10 heteroatoms. The molecule has 0 aliphatic heterocycles. The molecule has 0 aliphatic carbocycles. The van der Waals surface area contributed by atoms with Gasteiger partial charge >= 0.3 is 13.8 Å². The van der Waals surface area contributed by atoms with Crippen LogP contribution in [0.1, 0.15) is 278 Å². The molecule has 2 N–H and O–H groups in total. The lowest BCUT2D eigenvalue weighted by molar-refractivity contribution is -0.870. The molecule has 0 spiro atoms. The van der Waals surface area contributed by atoms with Gasteiger partial charge in [-0.25, -0.2) is 4.57 Å². The van der Waals surface area contributed by atoms with Gasteiger partial charge in [0.05, 0.1) is 33.8 Å². The Morgan fingerprint density at radius 3 is 1.28 bits per heavy atom. The molecule has 0 aromatic heterocycles. The minimum absolute atomic E-state index is 0.0429. The third-order valence-electron chi connectivity index (χ3n) is 12.9. The third kappa shape index (κ3) is 49.3. The molecule has 67 heavy (non-hydrogen) atoms. The van der Waals surface area contributed by atoms with E-state index in [0.29, 0.717) is 23.9 Å². The number of likely N-dealkylation sites (N-methyl/N-ethyl adjacent to an activating group) is 1. The van der Waals surface area contributed by atoms with Gasteiger partial charge in [-0.15, -0.1) is 0 Å². The Hall–Kier alpha value is -1.51. The zero-order valence-electron chi connectivity index (χ0n) is 45.2. The van der Waals surface area contributed by atoms with Crippen LogP contribution in [0.4, 0.5) is 0 Å². The first-order chi connectivity index (χ1) is 32.4. The summed E-state index contributed by atoms with van der Waals surface area (Å²) in [7, 11) is 1.51. The number of nitrogens with zero attached hydrogens (tertiary/aromatic N) is 1. The fourth-order valence-corrected chi connectivity index (χ4v) is 9.14. The lowest BCUT2D eigenvalue weighted by Gasteiger charge is -2.27. The number of unbranched alkanes of at least 4 members (excludes halogenated alkanes) is 34. The van der Waals surface area contributed by atoms with Crippen LogP contribution in [-0.2, 0) is 27.9 Å². The second-order valence-electron chi connectivity index (χ2n) is 20.8. The first kappa shape index (κ1) is 65.5. The van der Waals surface area contributed by atoms with E-state index in [1.807, 2.05) is 33.3 Å². The largest absolute Gasteiger partial charge is 0.472 e. The maximum Gasteiger partial charge on any atom is 0.472 e. The first-order valence-corrected chi connectivity index (χ1v) is 30.2. The highest BCUT2D eigenvalue weighted by Gasteiger charge is 2.30. The van der Waals surface area contributed by atoms with Gasteiger partial charge in [0.15, 0.2) is 0 Å². The van der Waals surface area contributed by atoms with Crippen LogP contribution in [0.3, 0.4) is 0 Å². The molecule has 1 amide bonds. The highest BCUT2D eigenvalue weighted by molar-refractivity contribution is 7.47. The van der Waals surface area contributed by atoms with Crippen LogP contribution >= 0.6 is 7.82 Å². The number of phosphoric acid groups is 1. The van der Waals surface area contributed by atoms with E-state index in [9.17, 15) is 19.0 Å². The van der Waals surface area contributed by atoms with E-state index in [0.717, 1.165) is 57.8 Å². The molecule has 0 aromatic carbocycles. The number of rotatable bonds is 52. The third-order valence-corrected chi connectivity index (χ3v) is 13.9. The van der Waals surface area contributed by atoms with Crippen LogP contribution in [0.5, 0.6) is 0 Å². The Balaban J connectivity index is 5.36. The van der Waals surface area contributed by atoms with Crippen LogP contribution in [-0.4, -0.2) is 74.3 Å². The summed E-state index contributed by atoms with van der Waals surface area (Å²) in [6.07, 6.45) is 54.4. The van der Waals surface area contributed by atoms with Gasteiger partial charge in [-0.05, 0) is 57.4 Å². The number of carbonyl (C=O) groups is 2. The smallest absolute Gasteiger partial charge is 0.456 e. The summed E-state index contributed by atoms with van der Waals surface area (Å²) in [6, 6.07) is -0.842. The Kier molecular flexibility index (Phi) is 47.0. The standard InChI is InChI=1S/C57H111N2O7P/c1-7-10-13-16-19-22-25-28-29-32-35-38-41-44-47-50-57(61)66-55(48-45-42-39-36-33-30-26-23-20-17-14-11-8-2)54(53-65-67(62,63)64-52-51-59(4,5)6)58-56(60)49-46-43-40-37-34-31-27-24-21-18-15-12-9-3/h22,25,45,48,54-55H,7-21,23-24,26-44,46-47,49-53H2,1-6H3,(H-,58,60,62,63)/p+1/b25-22-,48-45+. The number of carbonyl (C=O) groups excluding carboxylic acids is 2. The highest BCUT2D eigenvalue weighted by Crippen LogP contribution is 2.43. The fourth-order valence-electron chi connectivity index (χ4n) is 8.41. The molecule has 0 saturated carbocycles. The normalized spacial score (nSPS) is 14.0. The molecule has 0 bridgehead atoms. The molecule has 9 nitrogen and oxygen atoms in total. The number of phosphoric ester groups is 1. The highest BCUT2D eigenvalue weighted by atomic mass is 31.2. The molecule has 396 valence electrons. The van der Waals surface area contributed by atoms with Gasteiger partial charge in [-0.3, -0.25) is 18.6 Å². The predicted molar refractivity (Wildman–Crippen MR) is 286 cm³/mol. The molecule has 0 aliphatic rings. The van der Waals surface area contributed by atoms with E-state index in [2.05, 4.69) is 38.2 Å². The molecular weight excluding hydrogens is 856 g/mol. The monoisotopic (exact) mass is 968 g/mol. The summed E-state index contributed by atoms with van der Waals surface area (Å²) in [4.78, 5) is 37.5. The van der Waals surface area contributed by atoms with Crippen molar-refractivity contribution < 1.29 is 37.3 Å². The van der Waals surface area contributed by atoms with Crippen LogP contribution in [0.25, 0.3) is 0 Å². The van der Waals surface area contributed by atoms with Gasteiger partial charge in [-0.2, -0.15) is 0 Å². The molecular formula is C57H112N2O7P+. The zero-order valence-corrected chi connectivity index (χ0v) is 46.1. The number of esters is 1. The average Bonchev–Trinajstić information content (AvgIpc) is 3.28. The summed E-state index contributed by atoms with van der Waals surface area (Å²) in [5.74, 6) is -0.499. The molecule has 0 fully saturated rings. The van der Waals surface area contributed by atoms with Gasteiger partial charge < -0.3 is 19.4 Å². The lowest BCUT2D eigenvalue weighted by Crippen LogP contribution is -2.47. The summed E-state index contributed by atoms with van der Waals surface area (Å²) in [5.41, 5.74) is 0. The predicted octanol–water partition coefficient (Wildman–Crippen LogP) is 17.0. The van der Waals surface area contributed by atoms with Crippen LogP contribution in [0.2, 0.25) is 0 Å². The molecule has 0 heterocycles. The van der Waals surface area contributed by atoms with E-state index in [4.69, 9.17) is 13.8 Å². The fraction of sp³-hybridized carbons (Fsp3) is 0.895. The Morgan fingerprint density at radius 1 is 0.507 bits per heavy atom. The van der Waals surface area contributed by atoms with Crippen molar-refractivity contribution in [1.82, 2.24) is 5.32 Å². The minimum Gasteiger partial charge on any atom is -0.456 e. The maximum atomic E-state index is 13.5. The molecule has 3 atom stereocenters. The Labute approximate surface area is 415 Å². The first-order valence-electron chi connectivity index (χ1n) is 28.7. The van der Waals surface area contributed by atoms with Gasteiger partial charge in [-0.1, -0.05) is 232 Å². The summed E-state index contributed by atoms with van der Waals surface area (Å²) in [5, 5.41) is 3.05. The van der Waals surface area contributed by atoms with Crippen molar-refractivity contribution in [3.8, 4) is 0 Å². The number of nitrogens with one attached hydrogen (secondary N) is 1. The van der Waals surface area contributed by atoms with Crippen molar-refractivity contribution in [2.24, 2.45) is 0 Å².